The van der Waals surface area contributed by atoms with Gasteiger partial charge in [-0.15, -0.1) is 0 Å². The summed E-state index contributed by atoms with van der Waals surface area (Å²) in [6.07, 6.45) is 9.65. The number of allylic oxidation sites excluding steroid dienone is 2. The van der Waals surface area contributed by atoms with Gasteiger partial charge >= 0.3 is 0 Å². The van der Waals surface area contributed by atoms with Gasteiger partial charge in [-0.2, -0.15) is 0 Å². The first-order valence-electron chi connectivity index (χ1n) is 11.0. The third-order valence-corrected chi connectivity index (χ3v) is 7.37. The fraction of sp³-hybridized carbons (Fsp3) is 0.542. The smallest absolute Gasteiger partial charge is 0.234 e. The largest absolute Gasteiger partial charge is 0.343 e. The molecule has 3 fully saturated rings. The number of carbonyl (C=O) groups is 3. The molecule has 1 aromatic rings. The summed E-state index contributed by atoms with van der Waals surface area (Å²) < 4.78 is 0. The molecule has 3 amide bonds. The van der Waals surface area contributed by atoms with Gasteiger partial charge in [-0.3, -0.25) is 19.3 Å². The first-order chi connectivity index (χ1) is 14.1. The predicted molar refractivity (Wildman–Crippen MR) is 108 cm³/mol. The molecule has 3 aliphatic carbocycles. The van der Waals surface area contributed by atoms with Crippen molar-refractivity contribution in [3.05, 3.63) is 48.0 Å². The van der Waals surface area contributed by atoms with Gasteiger partial charge in [-0.05, 0) is 49.5 Å². The molecule has 0 radical (unpaired) electrons. The zero-order valence-corrected chi connectivity index (χ0v) is 16.7. The highest BCUT2D eigenvalue weighted by molar-refractivity contribution is 6.06. The highest BCUT2D eigenvalue weighted by Crippen LogP contribution is 2.51. The zero-order chi connectivity index (χ0) is 20.0. The van der Waals surface area contributed by atoms with Crippen molar-refractivity contribution in [2.45, 2.75) is 44.6 Å². The van der Waals surface area contributed by atoms with Crippen molar-refractivity contribution < 1.29 is 14.4 Å². The summed E-state index contributed by atoms with van der Waals surface area (Å²) in [5.41, 5.74) is 0.874. The highest BCUT2D eigenvalue weighted by atomic mass is 16.2. The molecule has 2 bridgehead atoms. The Bertz CT molecular complexity index is 811. The van der Waals surface area contributed by atoms with Crippen molar-refractivity contribution in [2.75, 3.05) is 13.1 Å². The summed E-state index contributed by atoms with van der Waals surface area (Å²) >= 11 is 0. The van der Waals surface area contributed by atoms with Crippen LogP contribution in [0.5, 0.6) is 0 Å². The lowest BCUT2D eigenvalue weighted by Gasteiger charge is -2.38. The molecule has 1 aromatic carbocycles. The van der Waals surface area contributed by atoms with Crippen LogP contribution in [0.1, 0.15) is 50.1 Å². The lowest BCUT2D eigenvalue weighted by molar-refractivity contribution is -0.144. The van der Waals surface area contributed by atoms with Crippen LogP contribution in [0.4, 0.5) is 0 Å². The second-order valence-electron chi connectivity index (χ2n) is 8.96. The Morgan fingerprint density at radius 2 is 1.48 bits per heavy atom. The minimum absolute atomic E-state index is 0.0510. The summed E-state index contributed by atoms with van der Waals surface area (Å²) in [5, 5.41) is 0. The minimum atomic E-state index is -0.504. The van der Waals surface area contributed by atoms with E-state index in [1.54, 1.807) is 0 Å². The van der Waals surface area contributed by atoms with Crippen LogP contribution in [0.15, 0.2) is 42.5 Å². The molecule has 5 unspecified atom stereocenters. The average molecular weight is 392 g/mol. The number of fused-ring (bicyclic) bond motifs is 1. The summed E-state index contributed by atoms with van der Waals surface area (Å²) in [4.78, 5) is 43.4. The van der Waals surface area contributed by atoms with E-state index in [0.717, 1.165) is 50.8 Å². The van der Waals surface area contributed by atoms with Crippen LogP contribution in [0, 0.1) is 23.7 Å². The molecule has 0 aromatic heterocycles. The maximum atomic E-state index is 13.5. The van der Waals surface area contributed by atoms with Crippen LogP contribution >= 0.6 is 0 Å². The monoisotopic (exact) mass is 392 g/mol. The molecule has 5 heteroatoms. The van der Waals surface area contributed by atoms with Gasteiger partial charge in [-0.25, -0.2) is 0 Å². The fourth-order valence-corrected chi connectivity index (χ4v) is 5.88. The van der Waals surface area contributed by atoms with Crippen molar-refractivity contribution in [3.63, 3.8) is 0 Å². The van der Waals surface area contributed by atoms with E-state index in [1.807, 2.05) is 35.2 Å². The number of carbonyl (C=O) groups excluding carboxylic acids is 3. The first kappa shape index (κ1) is 18.6. The van der Waals surface area contributed by atoms with E-state index in [9.17, 15) is 14.4 Å². The fourth-order valence-electron chi connectivity index (χ4n) is 5.88. The summed E-state index contributed by atoms with van der Waals surface area (Å²) in [7, 11) is 0. The van der Waals surface area contributed by atoms with Gasteiger partial charge in [0.25, 0.3) is 0 Å². The molecule has 1 saturated carbocycles. The zero-order valence-electron chi connectivity index (χ0n) is 16.7. The molecule has 5 nitrogen and oxygen atoms in total. The molecular weight excluding hydrogens is 364 g/mol. The van der Waals surface area contributed by atoms with Gasteiger partial charge in [-0.1, -0.05) is 42.5 Å². The third kappa shape index (κ3) is 3.11. The van der Waals surface area contributed by atoms with Crippen LogP contribution in [0.25, 0.3) is 0 Å². The van der Waals surface area contributed by atoms with E-state index in [0.29, 0.717) is 0 Å². The molecule has 152 valence electrons. The maximum absolute atomic E-state index is 13.5. The Balaban J connectivity index is 1.46. The molecule has 6 rings (SSSR count). The SMILES string of the molecule is O=C(CC(c1ccccc1)N1C(=O)C2C3C=CC(CC3)C2C1=O)N1CCCCC1. The first-order valence-corrected chi connectivity index (χ1v) is 11.0. The van der Waals surface area contributed by atoms with E-state index in [1.165, 1.54) is 4.90 Å². The van der Waals surface area contributed by atoms with Gasteiger partial charge in [0.1, 0.15) is 0 Å². The molecule has 2 heterocycles. The third-order valence-electron chi connectivity index (χ3n) is 7.37. The van der Waals surface area contributed by atoms with E-state index < -0.39 is 6.04 Å². The molecule has 0 spiro atoms. The second kappa shape index (κ2) is 7.43. The molecular formula is C24H28N2O3. The molecule has 2 aliphatic heterocycles. The van der Waals surface area contributed by atoms with Crippen LogP contribution in [0.2, 0.25) is 0 Å². The van der Waals surface area contributed by atoms with Crippen LogP contribution in [0.3, 0.4) is 0 Å². The van der Waals surface area contributed by atoms with E-state index in [2.05, 4.69) is 12.2 Å². The maximum Gasteiger partial charge on any atom is 0.234 e. The van der Waals surface area contributed by atoms with E-state index in [-0.39, 0.29) is 47.8 Å². The lowest BCUT2D eigenvalue weighted by Crippen LogP contribution is -2.41. The van der Waals surface area contributed by atoms with Crippen molar-refractivity contribution in [1.82, 2.24) is 9.80 Å². The Labute approximate surface area is 171 Å². The average Bonchev–Trinajstić information content (AvgIpc) is 3.06. The van der Waals surface area contributed by atoms with Crippen molar-refractivity contribution in [3.8, 4) is 0 Å². The molecule has 2 saturated heterocycles. The van der Waals surface area contributed by atoms with Crippen molar-refractivity contribution in [1.29, 1.82) is 0 Å². The Morgan fingerprint density at radius 3 is 2.03 bits per heavy atom. The quantitative estimate of drug-likeness (QED) is 0.583. The standard InChI is InChI=1S/C24H28N2O3/c27-20(25-13-5-2-6-14-25)15-19(16-7-3-1-4-8-16)26-23(28)21-17-9-10-18(12-11-17)22(21)24(26)29/h1,3-4,7-10,17-19,21-22H,2,5-6,11-15H2. The predicted octanol–water partition coefficient (Wildman–Crippen LogP) is 3.33. The van der Waals surface area contributed by atoms with Gasteiger partial charge in [0.05, 0.1) is 24.3 Å². The summed E-state index contributed by atoms with van der Waals surface area (Å²) in [6, 6.07) is 9.11. The number of benzene rings is 1. The van der Waals surface area contributed by atoms with Crippen LogP contribution in [-0.4, -0.2) is 40.6 Å². The Kier molecular flexibility index (Phi) is 4.76. The molecule has 0 N–H and O–H groups in total. The number of amides is 3. The molecule has 5 aliphatic rings. The minimum Gasteiger partial charge on any atom is -0.343 e. The number of hydrogen-bond acceptors (Lipinski definition) is 3. The Hall–Kier alpha value is -2.43. The number of imide groups is 1. The molecule has 5 atom stereocenters. The normalized spacial score (nSPS) is 31.9. The molecule has 29 heavy (non-hydrogen) atoms. The van der Waals surface area contributed by atoms with Gasteiger partial charge in [0.15, 0.2) is 0 Å². The van der Waals surface area contributed by atoms with Crippen LogP contribution in [-0.2, 0) is 14.4 Å². The second-order valence-corrected chi connectivity index (χ2v) is 8.96. The van der Waals surface area contributed by atoms with E-state index in [4.69, 9.17) is 0 Å². The van der Waals surface area contributed by atoms with Gasteiger partial charge < -0.3 is 4.90 Å². The number of likely N-dealkylation sites (tertiary alicyclic amines) is 2. The number of piperidine rings is 1. The van der Waals surface area contributed by atoms with E-state index >= 15 is 0 Å². The number of hydrogen-bond donors (Lipinski definition) is 0. The van der Waals surface area contributed by atoms with Crippen LogP contribution < -0.4 is 0 Å². The van der Waals surface area contributed by atoms with Crippen molar-refractivity contribution >= 4 is 17.7 Å². The Morgan fingerprint density at radius 1 is 0.897 bits per heavy atom. The summed E-state index contributed by atoms with van der Waals surface area (Å²) in [5.74, 6) is -0.222. The highest BCUT2D eigenvalue weighted by Gasteiger charge is 2.58. The topological polar surface area (TPSA) is 57.7 Å². The van der Waals surface area contributed by atoms with Gasteiger partial charge in [0.2, 0.25) is 17.7 Å². The summed E-state index contributed by atoms with van der Waals surface area (Å²) in [6.45, 7) is 1.56. The van der Waals surface area contributed by atoms with Gasteiger partial charge in [0, 0.05) is 13.1 Å². The van der Waals surface area contributed by atoms with Crippen molar-refractivity contribution in [2.24, 2.45) is 23.7 Å². The number of rotatable bonds is 4. The number of nitrogens with zero attached hydrogens (tertiary/aromatic N) is 2. The lowest BCUT2D eigenvalue weighted by atomic mass is 9.63.